The Hall–Kier alpha value is -0.510. The first-order valence-corrected chi connectivity index (χ1v) is 8.86. The third kappa shape index (κ3) is 7.61. The van der Waals surface area contributed by atoms with Crippen LogP contribution in [-0.2, 0) is 30.5 Å². The Balaban J connectivity index is 4.16. The Bertz CT molecular complexity index is 410. The lowest BCUT2D eigenvalue weighted by molar-refractivity contribution is -0.140. The SMILES string of the molecule is COC(=O)CCN(C)S(=O)(=O)NCCC(C)S(C)=O. The van der Waals surface area contributed by atoms with Gasteiger partial charge in [-0.15, -0.1) is 0 Å². The van der Waals surface area contributed by atoms with Gasteiger partial charge in [0, 0.05) is 42.4 Å². The number of nitrogens with one attached hydrogen (secondary N) is 1. The number of hydrogen-bond acceptors (Lipinski definition) is 5. The molecule has 7 nitrogen and oxygen atoms in total. The van der Waals surface area contributed by atoms with Gasteiger partial charge in [0.05, 0.1) is 13.5 Å². The molecular formula is C10H22N2O5S2. The van der Waals surface area contributed by atoms with E-state index in [-0.39, 0.29) is 24.8 Å². The first-order valence-electron chi connectivity index (χ1n) is 5.80. The quantitative estimate of drug-likeness (QED) is 0.578. The van der Waals surface area contributed by atoms with Crippen molar-refractivity contribution in [2.24, 2.45) is 0 Å². The molecule has 0 aromatic rings. The second kappa shape index (κ2) is 8.62. The maximum atomic E-state index is 11.8. The number of carbonyl (C=O) groups excluding carboxylic acids is 1. The first-order chi connectivity index (χ1) is 8.70. The standard InChI is InChI=1S/C10H22N2O5S2/c1-9(18(4)14)5-7-11-19(15,16)12(2)8-6-10(13)17-3/h9,11H,5-8H2,1-4H3. The molecule has 0 saturated heterocycles. The number of ether oxygens (including phenoxy) is 1. The third-order valence-corrected chi connectivity index (χ3v) is 5.61. The predicted octanol–water partition coefficient (Wildman–Crippen LogP) is -0.527. The maximum absolute atomic E-state index is 11.8. The number of carbonyl (C=O) groups is 1. The van der Waals surface area contributed by atoms with Gasteiger partial charge >= 0.3 is 5.97 Å². The topological polar surface area (TPSA) is 92.8 Å². The highest BCUT2D eigenvalue weighted by molar-refractivity contribution is 7.87. The number of methoxy groups -OCH3 is 1. The van der Waals surface area contributed by atoms with Crippen LogP contribution in [0, 0.1) is 0 Å². The highest BCUT2D eigenvalue weighted by atomic mass is 32.2. The van der Waals surface area contributed by atoms with Crippen LogP contribution in [0.2, 0.25) is 0 Å². The van der Waals surface area contributed by atoms with E-state index < -0.39 is 27.0 Å². The highest BCUT2D eigenvalue weighted by Crippen LogP contribution is 2.00. The molecule has 0 heterocycles. The van der Waals surface area contributed by atoms with Crippen LogP contribution in [-0.4, -0.2) is 61.7 Å². The summed E-state index contributed by atoms with van der Waals surface area (Å²) in [5.41, 5.74) is 0. The molecule has 1 N–H and O–H groups in total. The smallest absolute Gasteiger partial charge is 0.306 e. The Morgan fingerprint density at radius 3 is 2.53 bits per heavy atom. The van der Waals surface area contributed by atoms with Crippen LogP contribution in [0.1, 0.15) is 19.8 Å². The molecule has 0 aliphatic rings. The van der Waals surface area contributed by atoms with Crippen LogP contribution in [0.4, 0.5) is 0 Å². The average molecular weight is 314 g/mol. The minimum absolute atomic E-state index is 0.00326. The molecule has 0 aliphatic heterocycles. The Labute approximate surface area is 117 Å². The van der Waals surface area contributed by atoms with Crippen molar-refractivity contribution in [1.82, 2.24) is 9.03 Å². The van der Waals surface area contributed by atoms with Gasteiger partial charge < -0.3 is 4.74 Å². The van der Waals surface area contributed by atoms with Crippen LogP contribution in [0.5, 0.6) is 0 Å². The molecule has 0 rings (SSSR count). The van der Waals surface area contributed by atoms with Gasteiger partial charge in [0.15, 0.2) is 0 Å². The van der Waals surface area contributed by atoms with Gasteiger partial charge in [0.25, 0.3) is 10.2 Å². The van der Waals surface area contributed by atoms with Crippen LogP contribution >= 0.6 is 0 Å². The minimum atomic E-state index is -3.61. The van der Waals surface area contributed by atoms with E-state index in [0.717, 1.165) is 4.31 Å². The number of hydrogen-bond donors (Lipinski definition) is 1. The van der Waals surface area contributed by atoms with Crippen molar-refractivity contribution in [2.45, 2.75) is 25.0 Å². The van der Waals surface area contributed by atoms with Gasteiger partial charge in [-0.05, 0) is 6.42 Å². The monoisotopic (exact) mass is 314 g/mol. The lowest BCUT2D eigenvalue weighted by Crippen LogP contribution is -2.40. The van der Waals surface area contributed by atoms with Gasteiger partial charge in [-0.25, -0.2) is 4.72 Å². The van der Waals surface area contributed by atoms with Crippen molar-refractivity contribution in [3.8, 4) is 0 Å². The van der Waals surface area contributed by atoms with Crippen molar-refractivity contribution in [1.29, 1.82) is 0 Å². The first kappa shape index (κ1) is 18.5. The molecule has 0 aliphatic carbocycles. The third-order valence-electron chi connectivity index (χ3n) is 2.67. The van der Waals surface area contributed by atoms with Gasteiger partial charge in [0.2, 0.25) is 0 Å². The molecule has 0 aromatic heterocycles. The second-order valence-electron chi connectivity index (χ2n) is 4.14. The fraction of sp³-hybridized carbons (Fsp3) is 0.900. The summed E-state index contributed by atoms with van der Waals surface area (Å²) < 4.78 is 42.5. The lowest BCUT2D eigenvalue weighted by atomic mass is 10.3. The van der Waals surface area contributed by atoms with E-state index in [2.05, 4.69) is 9.46 Å². The van der Waals surface area contributed by atoms with Crippen LogP contribution < -0.4 is 4.72 Å². The van der Waals surface area contributed by atoms with E-state index in [1.807, 2.05) is 0 Å². The van der Waals surface area contributed by atoms with Crippen molar-refractivity contribution in [3.05, 3.63) is 0 Å². The van der Waals surface area contributed by atoms with Crippen molar-refractivity contribution in [2.75, 3.05) is 33.5 Å². The van der Waals surface area contributed by atoms with Crippen LogP contribution in [0.3, 0.4) is 0 Å². The lowest BCUT2D eigenvalue weighted by Gasteiger charge is -2.17. The number of esters is 1. The molecular weight excluding hydrogens is 292 g/mol. The summed E-state index contributed by atoms with van der Waals surface area (Å²) in [5, 5.41) is -0.0666. The van der Waals surface area contributed by atoms with E-state index in [0.29, 0.717) is 6.42 Å². The summed E-state index contributed by atoms with van der Waals surface area (Å²) in [6.07, 6.45) is 2.08. The highest BCUT2D eigenvalue weighted by Gasteiger charge is 2.18. The summed E-state index contributed by atoms with van der Waals surface area (Å²) in [4.78, 5) is 10.9. The van der Waals surface area contributed by atoms with E-state index >= 15 is 0 Å². The molecule has 114 valence electrons. The fourth-order valence-corrected chi connectivity index (χ4v) is 2.52. The van der Waals surface area contributed by atoms with Gasteiger partial charge in [-0.1, -0.05) is 6.92 Å². The Kier molecular flexibility index (Phi) is 8.39. The van der Waals surface area contributed by atoms with Crippen molar-refractivity contribution < 1.29 is 22.2 Å². The average Bonchev–Trinajstić information content (AvgIpc) is 2.34. The van der Waals surface area contributed by atoms with Gasteiger partial charge in [0.1, 0.15) is 0 Å². The summed E-state index contributed by atoms with van der Waals surface area (Å²) in [6.45, 7) is 2.06. The van der Waals surface area contributed by atoms with E-state index in [4.69, 9.17) is 0 Å². The van der Waals surface area contributed by atoms with Gasteiger partial charge in [-0.3, -0.25) is 9.00 Å². The second-order valence-corrected chi connectivity index (χ2v) is 7.81. The molecule has 2 unspecified atom stereocenters. The summed E-state index contributed by atoms with van der Waals surface area (Å²) in [5.74, 6) is -0.461. The molecule has 0 amide bonds. The van der Waals surface area contributed by atoms with Crippen LogP contribution in [0.25, 0.3) is 0 Å². The largest absolute Gasteiger partial charge is 0.469 e. The van der Waals surface area contributed by atoms with Crippen molar-refractivity contribution >= 4 is 27.0 Å². The zero-order valence-corrected chi connectivity index (χ0v) is 13.3. The summed E-state index contributed by atoms with van der Waals surface area (Å²) in [6, 6.07) is 0. The molecule has 0 spiro atoms. The molecule has 0 radical (unpaired) electrons. The number of rotatable bonds is 9. The molecule has 9 heteroatoms. The van der Waals surface area contributed by atoms with E-state index in [1.54, 1.807) is 13.2 Å². The van der Waals surface area contributed by atoms with Gasteiger partial charge in [-0.2, -0.15) is 12.7 Å². The minimum Gasteiger partial charge on any atom is -0.469 e. The van der Waals surface area contributed by atoms with E-state index in [9.17, 15) is 17.4 Å². The molecule has 0 aromatic carbocycles. The Morgan fingerprint density at radius 2 is 2.05 bits per heavy atom. The Morgan fingerprint density at radius 1 is 1.47 bits per heavy atom. The zero-order chi connectivity index (χ0) is 15.1. The number of nitrogens with zero attached hydrogens (tertiary/aromatic N) is 1. The van der Waals surface area contributed by atoms with Crippen molar-refractivity contribution in [3.63, 3.8) is 0 Å². The molecule has 0 saturated carbocycles. The zero-order valence-electron chi connectivity index (χ0n) is 11.7. The van der Waals surface area contributed by atoms with Crippen LogP contribution in [0.15, 0.2) is 0 Å². The van der Waals surface area contributed by atoms with E-state index in [1.165, 1.54) is 14.2 Å². The maximum Gasteiger partial charge on any atom is 0.306 e. The molecule has 0 fully saturated rings. The molecule has 0 bridgehead atoms. The predicted molar refractivity (Wildman–Crippen MR) is 74.3 cm³/mol. The summed E-state index contributed by atoms with van der Waals surface area (Å²) in [7, 11) is -1.95. The molecule has 2 atom stereocenters. The summed E-state index contributed by atoms with van der Waals surface area (Å²) >= 11 is 0. The normalized spacial score (nSPS) is 15.2. The molecule has 19 heavy (non-hydrogen) atoms. The fourth-order valence-electron chi connectivity index (χ4n) is 1.14.